The lowest BCUT2D eigenvalue weighted by atomic mass is 9.85. The number of carboxylic acid groups (broad SMARTS) is 1. The van der Waals surface area contributed by atoms with Crippen LogP contribution in [-0.4, -0.2) is 35.5 Å². The van der Waals surface area contributed by atoms with Crippen molar-refractivity contribution in [3.05, 3.63) is 24.3 Å². The lowest BCUT2D eigenvalue weighted by Gasteiger charge is -2.29. The third-order valence-corrected chi connectivity index (χ3v) is 5.35. The van der Waals surface area contributed by atoms with Gasteiger partial charge in [0.25, 0.3) is 0 Å². The zero-order chi connectivity index (χ0) is 20.3. The maximum atomic E-state index is 10.6. The van der Waals surface area contributed by atoms with Crippen molar-refractivity contribution in [2.45, 2.75) is 78.7 Å². The molecule has 1 rings (SSSR count). The molecule has 1 aliphatic carbocycles. The van der Waals surface area contributed by atoms with Crippen LogP contribution in [0.2, 0.25) is 0 Å². The number of rotatable bonds is 13. The van der Waals surface area contributed by atoms with Gasteiger partial charge in [0.2, 0.25) is 0 Å². The monoisotopic (exact) mass is 380 g/mol. The molecule has 0 aromatic carbocycles. The summed E-state index contributed by atoms with van der Waals surface area (Å²) in [6.45, 7) is 9.64. The van der Waals surface area contributed by atoms with E-state index in [9.17, 15) is 9.90 Å². The van der Waals surface area contributed by atoms with Crippen LogP contribution in [0.4, 0.5) is 0 Å². The van der Waals surface area contributed by atoms with Crippen LogP contribution in [0.3, 0.4) is 0 Å². The molecule has 1 saturated carbocycles. The average molecular weight is 381 g/mol. The number of hydrogen-bond acceptors (Lipinski definition) is 3. The molecule has 0 amide bonds. The molecule has 3 atom stereocenters. The number of aliphatic hydroxyl groups is 1. The Labute approximate surface area is 165 Å². The molecule has 4 heteroatoms. The molecule has 0 saturated heterocycles. The van der Waals surface area contributed by atoms with Crippen molar-refractivity contribution >= 4 is 5.97 Å². The Kier molecular flexibility index (Phi) is 10.9. The van der Waals surface area contributed by atoms with E-state index < -0.39 is 12.1 Å². The van der Waals surface area contributed by atoms with Crippen LogP contribution in [0.25, 0.3) is 0 Å². The number of carboxylic acids is 1. The van der Waals surface area contributed by atoms with Crippen LogP contribution < -0.4 is 0 Å². The van der Waals surface area contributed by atoms with E-state index in [1.54, 1.807) is 0 Å². The molecule has 0 spiro atoms. The second-order valence-electron chi connectivity index (χ2n) is 9.08. The van der Waals surface area contributed by atoms with Gasteiger partial charge < -0.3 is 14.9 Å². The minimum Gasteiger partial charge on any atom is -0.481 e. The van der Waals surface area contributed by atoms with Gasteiger partial charge in [-0.2, -0.15) is 0 Å². The van der Waals surface area contributed by atoms with E-state index in [1.165, 1.54) is 19.3 Å². The van der Waals surface area contributed by atoms with E-state index in [1.807, 2.05) is 19.9 Å². The first kappa shape index (κ1) is 23.9. The van der Waals surface area contributed by atoms with Gasteiger partial charge in [-0.15, -0.1) is 0 Å². The Morgan fingerprint density at radius 3 is 2.67 bits per heavy atom. The van der Waals surface area contributed by atoms with Crippen molar-refractivity contribution in [2.75, 3.05) is 13.2 Å². The molecule has 1 aliphatic rings. The van der Waals surface area contributed by atoms with Gasteiger partial charge in [-0.3, -0.25) is 4.79 Å². The molecule has 0 aromatic rings. The standard InChI is InChI=1S/C23H40O4/c1-18(2)16-27-17-23(3,4)21(24)15-14-20-12-9-11-19(20)10-7-5-6-8-13-22(25)26/h5,7,14-15,18-21,24H,6,8-13,16-17H2,1-4H3,(H,25,26)/b7-5-,15-14+/t19-,20+,21?/m0/s1. The molecule has 156 valence electrons. The Balaban J connectivity index is 2.41. The second kappa shape index (κ2) is 12.4. The highest BCUT2D eigenvalue weighted by molar-refractivity contribution is 5.66. The first-order valence-corrected chi connectivity index (χ1v) is 10.5. The molecular formula is C23H40O4. The highest BCUT2D eigenvalue weighted by Gasteiger charge is 2.28. The van der Waals surface area contributed by atoms with Crippen LogP contribution in [-0.2, 0) is 9.53 Å². The van der Waals surface area contributed by atoms with Crippen LogP contribution in [0.1, 0.15) is 72.6 Å². The second-order valence-corrected chi connectivity index (χ2v) is 9.08. The zero-order valence-electron chi connectivity index (χ0n) is 17.7. The molecule has 0 aromatic heterocycles. The lowest BCUT2D eigenvalue weighted by Crippen LogP contribution is -2.33. The van der Waals surface area contributed by atoms with Gasteiger partial charge in [-0.1, -0.05) is 58.4 Å². The summed E-state index contributed by atoms with van der Waals surface area (Å²) in [5.41, 5.74) is -0.288. The number of aliphatic hydroxyl groups excluding tert-OH is 1. The van der Waals surface area contributed by atoms with Crippen molar-refractivity contribution in [3.63, 3.8) is 0 Å². The summed E-state index contributed by atoms with van der Waals surface area (Å²) < 4.78 is 5.73. The van der Waals surface area contributed by atoms with Gasteiger partial charge in [0, 0.05) is 18.4 Å². The highest BCUT2D eigenvalue weighted by Crippen LogP contribution is 2.36. The van der Waals surface area contributed by atoms with E-state index in [4.69, 9.17) is 9.84 Å². The van der Waals surface area contributed by atoms with Crippen molar-refractivity contribution < 1.29 is 19.7 Å². The third kappa shape index (κ3) is 10.1. The van der Waals surface area contributed by atoms with Gasteiger partial charge in [0.1, 0.15) is 0 Å². The number of allylic oxidation sites excluding steroid dienone is 3. The number of ether oxygens (including phenoxy) is 1. The van der Waals surface area contributed by atoms with Crippen LogP contribution >= 0.6 is 0 Å². The molecule has 2 N–H and O–H groups in total. The number of unbranched alkanes of at least 4 members (excludes halogenated alkanes) is 1. The predicted molar refractivity (Wildman–Crippen MR) is 111 cm³/mol. The predicted octanol–water partition coefficient (Wildman–Crippen LogP) is 5.22. The zero-order valence-corrected chi connectivity index (χ0v) is 17.7. The van der Waals surface area contributed by atoms with Crippen molar-refractivity contribution in [1.82, 2.24) is 0 Å². The highest BCUT2D eigenvalue weighted by atomic mass is 16.5. The smallest absolute Gasteiger partial charge is 0.303 e. The summed E-state index contributed by atoms with van der Waals surface area (Å²) in [5, 5.41) is 19.2. The molecule has 1 fully saturated rings. The fourth-order valence-corrected chi connectivity index (χ4v) is 3.52. The lowest BCUT2D eigenvalue weighted by molar-refractivity contribution is -0.137. The number of aliphatic carboxylic acids is 1. The van der Waals surface area contributed by atoms with E-state index in [0.29, 0.717) is 30.8 Å². The van der Waals surface area contributed by atoms with Crippen LogP contribution in [0.15, 0.2) is 24.3 Å². The fourth-order valence-electron chi connectivity index (χ4n) is 3.52. The molecule has 27 heavy (non-hydrogen) atoms. The fraction of sp³-hybridized carbons (Fsp3) is 0.783. The number of hydrogen-bond donors (Lipinski definition) is 2. The summed E-state index contributed by atoms with van der Waals surface area (Å²) in [7, 11) is 0. The summed E-state index contributed by atoms with van der Waals surface area (Å²) >= 11 is 0. The molecule has 1 unspecified atom stereocenters. The molecule has 0 radical (unpaired) electrons. The normalized spacial score (nSPS) is 22.3. The summed E-state index contributed by atoms with van der Waals surface area (Å²) in [6, 6.07) is 0. The van der Waals surface area contributed by atoms with Crippen molar-refractivity contribution in [1.29, 1.82) is 0 Å². The third-order valence-electron chi connectivity index (χ3n) is 5.35. The summed E-state index contributed by atoms with van der Waals surface area (Å²) in [5.74, 6) is 0.936. The van der Waals surface area contributed by atoms with Gasteiger partial charge in [-0.05, 0) is 49.9 Å². The maximum Gasteiger partial charge on any atom is 0.303 e. The number of carbonyl (C=O) groups is 1. The minimum atomic E-state index is -0.722. The molecule has 0 heterocycles. The van der Waals surface area contributed by atoms with Crippen LogP contribution in [0, 0.1) is 23.2 Å². The van der Waals surface area contributed by atoms with Gasteiger partial charge in [0.15, 0.2) is 0 Å². The van der Waals surface area contributed by atoms with Gasteiger partial charge in [-0.25, -0.2) is 0 Å². The van der Waals surface area contributed by atoms with Crippen molar-refractivity contribution in [3.8, 4) is 0 Å². The van der Waals surface area contributed by atoms with Crippen molar-refractivity contribution in [2.24, 2.45) is 23.2 Å². The maximum absolute atomic E-state index is 10.6. The van der Waals surface area contributed by atoms with E-state index in [0.717, 1.165) is 19.4 Å². The first-order valence-electron chi connectivity index (χ1n) is 10.5. The van der Waals surface area contributed by atoms with Crippen LogP contribution in [0.5, 0.6) is 0 Å². The molecule has 4 nitrogen and oxygen atoms in total. The molecule has 0 bridgehead atoms. The summed E-state index contributed by atoms with van der Waals surface area (Å²) in [4.78, 5) is 10.5. The Morgan fingerprint density at radius 1 is 1.26 bits per heavy atom. The summed E-state index contributed by atoms with van der Waals surface area (Å²) in [6.07, 6.45) is 14.5. The van der Waals surface area contributed by atoms with Gasteiger partial charge >= 0.3 is 5.97 Å². The SMILES string of the molecule is CC(C)COCC(C)(C)C(O)/C=C/[C@H]1CCC[C@@H]1C/C=C\CCCC(=O)O. The van der Waals surface area contributed by atoms with E-state index in [2.05, 4.69) is 32.1 Å². The Hall–Kier alpha value is -1.13. The Bertz CT molecular complexity index is 479. The average Bonchev–Trinajstić information content (AvgIpc) is 3.02. The van der Waals surface area contributed by atoms with Gasteiger partial charge in [0.05, 0.1) is 12.7 Å². The minimum absolute atomic E-state index is 0.244. The topological polar surface area (TPSA) is 66.8 Å². The first-order chi connectivity index (χ1) is 12.7. The molecular weight excluding hydrogens is 340 g/mol. The quantitative estimate of drug-likeness (QED) is 0.339. The van der Waals surface area contributed by atoms with E-state index >= 15 is 0 Å². The largest absolute Gasteiger partial charge is 0.481 e. The Morgan fingerprint density at radius 2 is 2.00 bits per heavy atom. The molecule has 0 aliphatic heterocycles. The van der Waals surface area contributed by atoms with E-state index in [-0.39, 0.29) is 11.8 Å².